The highest BCUT2D eigenvalue weighted by molar-refractivity contribution is 7.14. The summed E-state index contributed by atoms with van der Waals surface area (Å²) in [6.45, 7) is 5.52. The lowest BCUT2D eigenvalue weighted by Gasteiger charge is -2.34. The number of amides is 1. The number of carbonyl (C=O) groups is 2. The van der Waals surface area contributed by atoms with Gasteiger partial charge in [-0.2, -0.15) is 0 Å². The Hall–Kier alpha value is -1.40. The molecule has 1 N–H and O–H groups in total. The van der Waals surface area contributed by atoms with Crippen LogP contribution >= 0.6 is 11.3 Å². The Morgan fingerprint density at radius 2 is 1.95 bits per heavy atom. The lowest BCUT2D eigenvalue weighted by Crippen LogP contribution is -2.48. The molecule has 0 spiro atoms. The molecule has 0 saturated carbocycles. The fraction of sp³-hybridized carbons (Fsp3) is 0.571. The number of carbonyl (C=O) groups excluding carboxylic acids is 1. The molecule has 5 nitrogen and oxygen atoms in total. The molecule has 2 rings (SSSR count). The van der Waals surface area contributed by atoms with Crippen LogP contribution in [-0.2, 0) is 11.2 Å². The topological polar surface area (TPSA) is 60.9 Å². The van der Waals surface area contributed by atoms with Crippen LogP contribution in [0.15, 0.2) is 12.1 Å². The van der Waals surface area contributed by atoms with Crippen LogP contribution in [0.4, 0.5) is 0 Å². The van der Waals surface area contributed by atoms with Crippen LogP contribution in [0.2, 0.25) is 0 Å². The molecular weight excluding hydrogens is 276 g/mol. The summed E-state index contributed by atoms with van der Waals surface area (Å²) >= 11 is 1.57. The SMILES string of the molecule is CCc1ccc(C(=O)N2CCN(CCC(=O)O)CC2)s1. The maximum Gasteiger partial charge on any atom is 0.304 e. The Morgan fingerprint density at radius 1 is 1.25 bits per heavy atom. The van der Waals surface area contributed by atoms with Gasteiger partial charge in [0, 0.05) is 37.6 Å². The predicted octanol–water partition coefficient (Wildman–Crippen LogP) is 1.54. The Kier molecular flexibility index (Phi) is 5.14. The molecule has 0 radical (unpaired) electrons. The quantitative estimate of drug-likeness (QED) is 0.895. The lowest BCUT2D eigenvalue weighted by molar-refractivity contribution is -0.137. The summed E-state index contributed by atoms with van der Waals surface area (Å²) in [5.74, 6) is -0.665. The van der Waals surface area contributed by atoms with E-state index >= 15 is 0 Å². The summed E-state index contributed by atoms with van der Waals surface area (Å²) in [5, 5.41) is 8.67. The van der Waals surface area contributed by atoms with E-state index in [9.17, 15) is 9.59 Å². The van der Waals surface area contributed by atoms with Gasteiger partial charge in [0.25, 0.3) is 5.91 Å². The van der Waals surface area contributed by atoms with Crippen LogP contribution in [0.25, 0.3) is 0 Å². The monoisotopic (exact) mass is 296 g/mol. The molecule has 20 heavy (non-hydrogen) atoms. The van der Waals surface area contributed by atoms with Crippen molar-refractivity contribution < 1.29 is 14.7 Å². The van der Waals surface area contributed by atoms with Crippen LogP contribution < -0.4 is 0 Å². The van der Waals surface area contributed by atoms with E-state index in [1.54, 1.807) is 11.3 Å². The van der Waals surface area contributed by atoms with Gasteiger partial charge in [-0.1, -0.05) is 6.92 Å². The third kappa shape index (κ3) is 3.80. The van der Waals surface area contributed by atoms with Crippen LogP contribution in [0.3, 0.4) is 0 Å². The van der Waals surface area contributed by atoms with Crippen molar-refractivity contribution in [3.05, 3.63) is 21.9 Å². The van der Waals surface area contributed by atoms with Crippen molar-refractivity contribution in [3.8, 4) is 0 Å². The molecule has 0 atom stereocenters. The minimum absolute atomic E-state index is 0.104. The van der Waals surface area contributed by atoms with Gasteiger partial charge in [-0.25, -0.2) is 0 Å². The predicted molar refractivity (Wildman–Crippen MR) is 78.3 cm³/mol. The summed E-state index contributed by atoms with van der Waals surface area (Å²) in [7, 11) is 0. The molecule has 0 aromatic carbocycles. The molecule has 1 aromatic rings. The highest BCUT2D eigenvalue weighted by atomic mass is 32.1. The second kappa shape index (κ2) is 6.85. The number of aliphatic carboxylic acids is 1. The standard InChI is InChI=1S/C14H20N2O3S/c1-2-11-3-4-12(20-11)14(19)16-9-7-15(8-10-16)6-5-13(17)18/h3-4H,2,5-10H2,1H3,(H,17,18). The minimum Gasteiger partial charge on any atom is -0.481 e. The summed E-state index contributed by atoms with van der Waals surface area (Å²) in [4.78, 5) is 28.9. The van der Waals surface area contributed by atoms with Gasteiger partial charge in [-0.05, 0) is 18.6 Å². The second-order valence-corrected chi connectivity index (χ2v) is 6.07. The first-order valence-corrected chi connectivity index (χ1v) is 7.74. The van der Waals surface area contributed by atoms with Gasteiger partial charge >= 0.3 is 5.97 Å². The first kappa shape index (κ1) is 15.0. The first-order chi connectivity index (χ1) is 9.60. The molecule has 0 bridgehead atoms. The molecule has 1 aliphatic rings. The number of rotatable bonds is 5. The molecule has 1 amide bonds. The minimum atomic E-state index is -0.769. The number of hydrogen-bond acceptors (Lipinski definition) is 4. The molecule has 0 unspecified atom stereocenters. The molecule has 1 saturated heterocycles. The molecule has 1 fully saturated rings. The van der Waals surface area contributed by atoms with E-state index in [1.807, 2.05) is 17.0 Å². The highest BCUT2D eigenvalue weighted by Gasteiger charge is 2.23. The number of carboxylic acids is 1. The third-order valence-corrected chi connectivity index (χ3v) is 4.74. The second-order valence-electron chi connectivity index (χ2n) is 4.90. The maximum atomic E-state index is 12.3. The van der Waals surface area contributed by atoms with E-state index in [-0.39, 0.29) is 12.3 Å². The van der Waals surface area contributed by atoms with E-state index in [0.29, 0.717) is 19.6 Å². The van der Waals surface area contributed by atoms with Gasteiger partial charge in [0.05, 0.1) is 11.3 Å². The van der Waals surface area contributed by atoms with Crippen LogP contribution in [0.1, 0.15) is 27.9 Å². The van der Waals surface area contributed by atoms with Crippen LogP contribution in [0, 0.1) is 0 Å². The number of nitrogens with zero attached hydrogens (tertiary/aromatic N) is 2. The van der Waals surface area contributed by atoms with Crippen molar-refractivity contribution in [1.29, 1.82) is 0 Å². The fourth-order valence-electron chi connectivity index (χ4n) is 2.27. The summed E-state index contributed by atoms with van der Waals surface area (Å²) < 4.78 is 0. The zero-order valence-corrected chi connectivity index (χ0v) is 12.5. The number of piperazine rings is 1. The van der Waals surface area contributed by atoms with E-state index in [2.05, 4.69) is 11.8 Å². The molecule has 0 aliphatic carbocycles. The summed E-state index contributed by atoms with van der Waals surface area (Å²) in [6.07, 6.45) is 1.12. The molecule has 6 heteroatoms. The van der Waals surface area contributed by atoms with Gasteiger partial charge < -0.3 is 10.0 Å². The average Bonchev–Trinajstić information content (AvgIpc) is 2.94. The summed E-state index contributed by atoms with van der Waals surface area (Å²) in [5.41, 5.74) is 0. The molecule has 110 valence electrons. The van der Waals surface area contributed by atoms with Crippen molar-refractivity contribution in [2.75, 3.05) is 32.7 Å². The van der Waals surface area contributed by atoms with E-state index in [0.717, 1.165) is 24.4 Å². The smallest absolute Gasteiger partial charge is 0.304 e. The van der Waals surface area contributed by atoms with Crippen LogP contribution in [-0.4, -0.2) is 59.5 Å². The van der Waals surface area contributed by atoms with Gasteiger partial charge in [0.1, 0.15) is 0 Å². The number of aryl methyl sites for hydroxylation is 1. The van der Waals surface area contributed by atoms with Crippen LogP contribution in [0.5, 0.6) is 0 Å². The average molecular weight is 296 g/mol. The van der Waals surface area contributed by atoms with Gasteiger partial charge in [0.2, 0.25) is 0 Å². The van der Waals surface area contributed by atoms with E-state index in [4.69, 9.17) is 5.11 Å². The van der Waals surface area contributed by atoms with E-state index in [1.165, 1.54) is 4.88 Å². The Labute approximate surface area is 122 Å². The first-order valence-electron chi connectivity index (χ1n) is 6.92. The van der Waals surface area contributed by atoms with Crippen molar-refractivity contribution >= 4 is 23.2 Å². The van der Waals surface area contributed by atoms with Gasteiger partial charge in [-0.15, -0.1) is 11.3 Å². The van der Waals surface area contributed by atoms with Gasteiger partial charge in [0.15, 0.2) is 0 Å². The molecule has 2 heterocycles. The van der Waals surface area contributed by atoms with Crippen molar-refractivity contribution in [2.24, 2.45) is 0 Å². The lowest BCUT2D eigenvalue weighted by atomic mass is 10.2. The number of carboxylic acid groups (broad SMARTS) is 1. The Bertz CT molecular complexity index is 479. The zero-order valence-electron chi connectivity index (χ0n) is 11.7. The Balaban J connectivity index is 1.84. The maximum absolute atomic E-state index is 12.3. The molecule has 1 aromatic heterocycles. The van der Waals surface area contributed by atoms with E-state index < -0.39 is 5.97 Å². The van der Waals surface area contributed by atoms with Crippen molar-refractivity contribution in [3.63, 3.8) is 0 Å². The fourth-order valence-corrected chi connectivity index (χ4v) is 3.18. The number of thiophene rings is 1. The largest absolute Gasteiger partial charge is 0.481 e. The molecular formula is C14H20N2O3S. The zero-order chi connectivity index (χ0) is 14.5. The number of hydrogen-bond donors (Lipinski definition) is 1. The highest BCUT2D eigenvalue weighted by Crippen LogP contribution is 2.19. The normalized spacial score (nSPS) is 16.4. The van der Waals surface area contributed by atoms with Gasteiger partial charge in [-0.3, -0.25) is 14.5 Å². The third-order valence-electron chi connectivity index (χ3n) is 3.52. The van der Waals surface area contributed by atoms with Crippen molar-refractivity contribution in [2.45, 2.75) is 19.8 Å². The Morgan fingerprint density at radius 3 is 2.50 bits per heavy atom. The molecule has 1 aliphatic heterocycles. The summed E-state index contributed by atoms with van der Waals surface area (Å²) in [6, 6.07) is 3.92. The van der Waals surface area contributed by atoms with Crippen molar-refractivity contribution in [1.82, 2.24) is 9.80 Å².